The Balaban J connectivity index is 0. The molecular formula is C25H48O4. The molecule has 172 valence electrons. The second-order valence-corrected chi connectivity index (χ2v) is 7.14. The second-order valence-electron chi connectivity index (χ2n) is 7.14. The zero-order valence-corrected chi connectivity index (χ0v) is 19.4. The van der Waals surface area contributed by atoms with E-state index in [-0.39, 0.29) is 13.2 Å². The topological polar surface area (TPSA) is 69.9 Å². The van der Waals surface area contributed by atoms with Crippen molar-refractivity contribution in [3.05, 3.63) is 29.8 Å². The van der Waals surface area contributed by atoms with Gasteiger partial charge in [-0.2, -0.15) is 0 Å². The van der Waals surface area contributed by atoms with Gasteiger partial charge in [0.05, 0.1) is 13.2 Å². The van der Waals surface area contributed by atoms with Gasteiger partial charge in [-0.3, -0.25) is 0 Å². The summed E-state index contributed by atoms with van der Waals surface area (Å²) in [7, 11) is 0. The molecule has 1 aromatic rings. The number of ether oxygens (including phenoxy) is 1. The summed E-state index contributed by atoms with van der Waals surface area (Å²) in [5.74, 6) is 0.450. The zero-order chi connectivity index (χ0) is 22.0. The van der Waals surface area contributed by atoms with E-state index in [0.29, 0.717) is 5.75 Å². The number of aryl methyl sites for hydroxylation is 1. The van der Waals surface area contributed by atoms with Crippen LogP contribution in [0.4, 0.5) is 0 Å². The van der Waals surface area contributed by atoms with Crippen molar-refractivity contribution in [1.82, 2.24) is 0 Å². The molecule has 1 fully saturated rings. The fourth-order valence-corrected chi connectivity index (χ4v) is 2.91. The molecule has 4 nitrogen and oxygen atoms in total. The van der Waals surface area contributed by atoms with Crippen LogP contribution < -0.4 is 0 Å². The van der Waals surface area contributed by atoms with E-state index in [1.54, 1.807) is 6.07 Å². The van der Waals surface area contributed by atoms with Crippen molar-refractivity contribution >= 4 is 0 Å². The molecule has 0 saturated heterocycles. The van der Waals surface area contributed by atoms with Gasteiger partial charge in [0.1, 0.15) is 5.75 Å². The van der Waals surface area contributed by atoms with Gasteiger partial charge < -0.3 is 20.1 Å². The number of benzene rings is 1. The Bertz CT molecular complexity index is 394. The van der Waals surface area contributed by atoms with Gasteiger partial charge in [-0.25, -0.2) is 0 Å². The molecule has 0 bridgehead atoms. The van der Waals surface area contributed by atoms with Crippen LogP contribution in [0.5, 0.6) is 5.75 Å². The number of hydrogen-bond donors (Lipinski definition) is 3. The third-order valence-electron chi connectivity index (χ3n) is 4.55. The minimum Gasteiger partial charge on any atom is -0.508 e. The van der Waals surface area contributed by atoms with Crippen LogP contribution in [-0.2, 0) is 11.2 Å². The van der Waals surface area contributed by atoms with E-state index < -0.39 is 0 Å². The summed E-state index contributed by atoms with van der Waals surface area (Å²) >= 11 is 0. The minimum atomic E-state index is -0.125. The van der Waals surface area contributed by atoms with Gasteiger partial charge in [0, 0.05) is 13.2 Å². The lowest BCUT2D eigenvalue weighted by atomic mass is 10.0. The molecule has 4 heteroatoms. The zero-order valence-electron chi connectivity index (χ0n) is 19.4. The molecule has 0 aromatic heterocycles. The number of aliphatic hydroxyl groups excluding tert-OH is 2. The highest BCUT2D eigenvalue weighted by atomic mass is 16.5. The lowest BCUT2D eigenvalue weighted by Gasteiger charge is -2.03. The predicted octanol–water partition coefficient (Wildman–Crippen LogP) is 6.26. The Morgan fingerprint density at radius 2 is 1.21 bits per heavy atom. The fraction of sp³-hybridized carbons (Fsp3) is 0.760. The number of unbranched alkanes of at least 4 members (excludes halogenated alkanes) is 5. The molecule has 0 amide bonds. The molecule has 0 spiro atoms. The van der Waals surface area contributed by atoms with Gasteiger partial charge in [0.15, 0.2) is 0 Å². The molecule has 2 rings (SSSR count). The molecule has 3 N–H and O–H groups in total. The third kappa shape index (κ3) is 24.9. The van der Waals surface area contributed by atoms with E-state index in [1.165, 1.54) is 70.6 Å². The average molecular weight is 413 g/mol. The quantitative estimate of drug-likeness (QED) is 0.397. The summed E-state index contributed by atoms with van der Waals surface area (Å²) in [5.41, 5.74) is 1.09. The highest BCUT2D eigenvalue weighted by Gasteiger charge is 1.98. The molecule has 29 heavy (non-hydrogen) atoms. The smallest absolute Gasteiger partial charge is 0.118 e. The summed E-state index contributed by atoms with van der Waals surface area (Å²) in [5, 5.41) is 24.8. The lowest BCUT2D eigenvalue weighted by Crippen LogP contribution is -1.86. The Morgan fingerprint density at radius 1 is 0.724 bits per heavy atom. The van der Waals surface area contributed by atoms with Crippen LogP contribution >= 0.6 is 0 Å². The number of para-hydroxylation sites is 1. The van der Waals surface area contributed by atoms with Crippen LogP contribution in [0.25, 0.3) is 0 Å². The standard InChI is InChI=1S/C14H22O.C5H10.C4H10O.C2H6O2/c1-2-3-4-5-6-7-10-13-11-8-9-12-14(13)15;1-2-4-5-3-1;1-3-5-4-2;3-1-2-4/h8-9,11-12,15H,2-7,10H2,1H3;1-5H2;3-4H2,1-2H3;3-4H,1-2H2. The first-order valence-electron chi connectivity index (χ1n) is 11.7. The van der Waals surface area contributed by atoms with E-state index >= 15 is 0 Å². The maximum Gasteiger partial charge on any atom is 0.118 e. The van der Waals surface area contributed by atoms with E-state index in [0.717, 1.165) is 25.2 Å². The molecular weight excluding hydrogens is 364 g/mol. The van der Waals surface area contributed by atoms with Gasteiger partial charge in [0.2, 0.25) is 0 Å². The molecule has 0 radical (unpaired) electrons. The first-order chi connectivity index (χ1) is 14.2. The van der Waals surface area contributed by atoms with Crippen molar-refractivity contribution in [2.24, 2.45) is 0 Å². The maximum absolute atomic E-state index is 9.55. The van der Waals surface area contributed by atoms with Crippen LogP contribution in [0.15, 0.2) is 24.3 Å². The SMILES string of the molecule is C1CCCC1.CCCCCCCCc1ccccc1O.CCOCC.OCCO. The van der Waals surface area contributed by atoms with Gasteiger partial charge in [-0.05, 0) is 38.3 Å². The largest absolute Gasteiger partial charge is 0.508 e. The summed E-state index contributed by atoms with van der Waals surface area (Å²) < 4.78 is 4.83. The average Bonchev–Trinajstić information content (AvgIpc) is 3.33. The summed E-state index contributed by atoms with van der Waals surface area (Å²) in [6.45, 7) is 7.65. The Kier molecular flexibility index (Phi) is 27.9. The molecule has 0 atom stereocenters. The van der Waals surface area contributed by atoms with Crippen molar-refractivity contribution in [2.75, 3.05) is 26.4 Å². The normalized spacial score (nSPS) is 12.0. The first-order valence-corrected chi connectivity index (χ1v) is 11.7. The molecule has 1 aliphatic carbocycles. The lowest BCUT2D eigenvalue weighted by molar-refractivity contribution is 0.162. The van der Waals surface area contributed by atoms with Crippen molar-refractivity contribution in [2.45, 2.75) is 97.8 Å². The summed E-state index contributed by atoms with van der Waals surface area (Å²) in [4.78, 5) is 0. The molecule has 1 saturated carbocycles. The van der Waals surface area contributed by atoms with Gasteiger partial charge >= 0.3 is 0 Å². The molecule has 0 aliphatic heterocycles. The Morgan fingerprint density at radius 3 is 1.62 bits per heavy atom. The second kappa shape index (κ2) is 26.9. The van der Waals surface area contributed by atoms with Crippen LogP contribution in [-0.4, -0.2) is 41.7 Å². The fourth-order valence-electron chi connectivity index (χ4n) is 2.91. The van der Waals surface area contributed by atoms with Crippen molar-refractivity contribution in [1.29, 1.82) is 0 Å². The number of aromatic hydroxyl groups is 1. The molecule has 1 aliphatic rings. The van der Waals surface area contributed by atoms with E-state index in [1.807, 2.05) is 32.0 Å². The van der Waals surface area contributed by atoms with Gasteiger partial charge in [-0.1, -0.05) is 89.3 Å². The highest BCUT2D eigenvalue weighted by molar-refractivity contribution is 5.31. The predicted molar refractivity (Wildman–Crippen MR) is 125 cm³/mol. The van der Waals surface area contributed by atoms with E-state index in [9.17, 15) is 5.11 Å². The number of aliphatic hydroxyl groups is 2. The summed E-state index contributed by atoms with van der Waals surface area (Å²) in [6.07, 6.45) is 16.4. The van der Waals surface area contributed by atoms with Crippen molar-refractivity contribution in [3.63, 3.8) is 0 Å². The van der Waals surface area contributed by atoms with Crippen molar-refractivity contribution in [3.8, 4) is 5.75 Å². The third-order valence-corrected chi connectivity index (χ3v) is 4.55. The minimum absolute atomic E-state index is 0.125. The molecule has 1 aromatic carbocycles. The van der Waals surface area contributed by atoms with Crippen LogP contribution in [0.3, 0.4) is 0 Å². The van der Waals surface area contributed by atoms with Gasteiger partial charge in [0.25, 0.3) is 0 Å². The van der Waals surface area contributed by atoms with Crippen LogP contribution in [0, 0.1) is 0 Å². The number of hydrogen-bond acceptors (Lipinski definition) is 4. The Hall–Kier alpha value is -1.10. The molecule has 0 unspecified atom stereocenters. The van der Waals surface area contributed by atoms with E-state index in [4.69, 9.17) is 14.9 Å². The molecule has 0 heterocycles. The van der Waals surface area contributed by atoms with E-state index in [2.05, 4.69) is 6.92 Å². The first kappa shape index (κ1) is 30.1. The van der Waals surface area contributed by atoms with Crippen molar-refractivity contribution < 1.29 is 20.1 Å². The maximum atomic E-state index is 9.55. The monoisotopic (exact) mass is 412 g/mol. The van der Waals surface area contributed by atoms with Gasteiger partial charge in [-0.15, -0.1) is 0 Å². The summed E-state index contributed by atoms with van der Waals surface area (Å²) in [6, 6.07) is 7.65. The Labute approximate surface area is 180 Å². The number of phenols is 1. The van der Waals surface area contributed by atoms with Crippen LogP contribution in [0.1, 0.15) is 97.0 Å². The number of rotatable bonds is 10. The number of phenolic OH excluding ortho intramolecular Hbond substituents is 1. The highest BCUT2D eigenvalue weighted by Crippen LogP contribution is 2.18. The van der Waals surface area contributed by atoms with Crippen LogP contribution in [0.2, 0.25) is 0 Å².